The first-order chi connectivity index (χ1) is 6.79. The van der Waals surface area contributed by atoms with Crippen molar-refractivity contribution in [1.82, 2.24) is 0 Å². The molecule has 0 aliphatic heterocycles. The minimum atomic E-state index is -5.79. The molecule has 0 saturated heterocycles. The van der Waals surface area contributed by atoms with Gasteiger partial charge in [0.1, 0.15) is 0 Å². The van der Waals surface area contributed by atoms with Gasteiger partial charge in [-0.3, -0.25) is 14.0 Å². The Bertz CT molecular complexity index is 179. The maximum atomic E-state index is 11.3. The fourth-order valence-electron chi connectivity index (χ4n) is 0.399. The molecule has 0 aromatic rings. The molecule has 0 bridgehead atoms. The smallest absolute Gasteiger partial charge is 0.297 e. The summed E-state index contributed by atoms with van der Waals surface area (Å²) in [7, 11) is -4.01. The highest BCUT2D eigenvalue weighted by atomic mass is 19.4. The van der Waals surface area contributed by atoms with E-state index >= 15 is 0 Å². The molecule has 0 heterocycles. The Hall–Kier alpha value is -0.685. The highest BCUT2D eigenvalue weighted by Crippen LogP contribution is 2.27. The Labute approximate surface area is 81.2 Å². The lowest BCUT2D eigenvalue weighted by atomic mass is 10.2. The Kier molecular flexibility index (Phi) is 4.47. The predicted octanol–water partition coefficient (Wildman–Crippen LogP) is 2.58. The molecule has 0 fully saturated rings. The van der Waals surface area contributed by atoms with Gasteiger partial charge in [0.05, 0.1) is 0 Å². The Balaban J connectivity index is 4.53. The standard InChI is InChI=1S/C3BF9O3/c5-1(6,7)14-4(15-2(8,9)10)16-3(11,12)13. The summed E-state index contributed by atoms with van der Waals surface area (Å²) in [6, 6.07) is 0. The van der Waals surface area contributed by atoms with Crippen LogP contribution in [-0.2, 0) is 14.0 Å². The summed E-state index contributed by atoms with van der Waals surface area (Å²) in [6.45, 7) is 0. The van der Waals surface area contributed by atoms with Gasteiger partial charge in [0.25, 0.3) is 0 Å². The van der Waals surface area contributed by atoms with E-state index in [0.29, 0.717) is 0 Å². The van der Waals surface area contributed by atoms with E-state index in [0.717, 1.165) is 0 Å². The molecule has 0 rings (SSSR count). The molecule has 96 valence electrons. The molecular weight excluding hydrogens is 266 g/mol. The second-order valence-electron chi connectivity index (χ2n) is 1.98. The van der Waals surface area contributed by atoms with Crippen LogP contribution in [0.4, 0.5) is 39.5 Å². The van der Waals surface area contributed by atoms with Crippen molar-refractivity contribution in [3.8, 4) is 0 Å². The second kappa shape index (κ2) is 4.67. The predicted molar refractivity (Wildman–Crippen MR) is 27.2 cm³/mol. The quantitative estimate of drug-likeness (QED) is 0.580. The first-order valence-corrected chi connectivity index (χ1v) is 3.02. The van der Waals surface area contributed by atoms with Crippen molar-refractivity contribution in [2.75, 3.05) is 0 Å². The molecule has 0 aliphatic rings. The maximum Gasteiger partial charge on any atom is 0.658 e. The summed E-state index contributed by atoms with van der Waals surface area (Å²) in [5, 5.41) is 0. The van der Waals surface area contributed by atoms with Crippen molar-refractivity contribution in [2.45, 2.75) is 19.1 Å². The lowest BCUT2D eigenvalue weighted by Crippen LogP contribution is -2.41. The van der Waals surface area contributed by atoms with Gasteiger partial charge in [0.15, 0.2) is 0 Å². The molecule has 0 aromatic carbocycles. The Morgan fingerprint density at radius 3 is 0.812 bits per heavy atom. The highest BCUT2D eigenvalue weighted by Gasteiger charge is 2.51. The number of hydrogen-bond donors (Lipinski definition) is 0. The Morgan fingerprint density at radius 1 is 0.500 bits per heavy atom. The van der Waals surface area contributed by atoms with Gasteiger partial charge in [0, 0.05) is 0 Å². The van der Waals surface area contributed by atoms with Crippen LogP contribution in [-0.4, -0.2) is 26.4 Å². The third-order valence-corrected chi connectivity index (χ3v) is 0.690. The van der Waals surface area contributed by atoms with Crippen molar-refractivity contribution in [2.24, 2.45) is 0 Å². The average Bonchev–Trinajstić information content (AvgIpc) is 1.70. The first-order valence-electron chi connectivity index (χ1n) is 3.02. The Morgan fingerprint density at radius 2 is 0.688 bits per heavy atom. The topological polar surface area (TPSA) is 27.7 Å². The zero-order valence-electron chi connectivity index (χ0n) is 6.70. The number of halogens is 9. The lowest BCUT2D eigenvalue weighted by Gasteiger charge is -2.18. The first kappa shape index (κ1) is 15.3. The number of hydrogen-bond acceptors (Lipinski definition) is 3. The molecule has 0 aromatic heterocycles. The molecule has 0 atom stereocenters. The van der Waals surface area contributed by atoms with Gasteiger partial charge in [-0.2, -0.15) is 0 Å². The summed E-state index contributed by atoms with van der Waals surface area (Å²) in [5.74, 6) is 0. The van der Waals surface area contributed by atoms with E-state index in [1.54, 1.807) is 0 Å². The highest BCUT2D eigenvalue weighted by molar-refractivity contribution is 6.36. The normalized spacial score (nSPS) is 14.1. The maximum absolute atomic E-state index is 11.3. The van der Waals surface area contributed by atoms with Crippen molar-refractivity contribution >= 4 is 7.32 Å². The molecular formula is C3BF9O3. The molecule has 0 radical (unpaired) electrons. The second-order valence-corrected chi connectivity index (χ2v) is 1.98. The van der Waals surface area contributed by atoms with Gasteiger partial charge in [-0.1, -0.05) is 0 Å². The lowest BCUT2D eigenvalue weighted by molar-refractivity contribution is -0.356. The zero-order chi connectivity index (χ0) is 13.2. The SMILES string of the molecule is FC(F)(F)OB(OC(F)(F)F)OC(F)(F)F. The molecule has 13 heteroatoms. The summed E-state index contributed by atoms with van der Waals surface area (Å²) in [4.78, 5) is 0. The zero-order valence-corrected chi connectivity index (χ0v) is 6.70. The summed E-state index contributed by atoms with van der Waals surface area (Å²) >= 11 is 0. The van der Waals surface area contributed by atoms with Gasteiger partial charge >= 0.3 is 26.4 Å². The van der Waals surface area contributed by atoms with Crippen LogP contribution in [0.3, 0.4) is 0 Å². The van der Waals surface area contributed by atoms with Crippen LogP contribution in [0.1, 0.15) is 0 Å². The van der Waals surface area contributed by atoms with Gasteiger partial charge in [-0.15, -0.1) is 39.5 Å². The molecule has 0 aliphatic carbocycles. The van der Waals surface area contributed by atoms with Crippen molar-refractivity contribution in [3.63, 3.8) is 0 Å². The average molecular weight is 266 g/mol. The summed E-state index contributed by atoms with van der Waals surface area (Å²) in [5.41, 5.74) is 0. The van der Waals surface area contributed by atoms with Crippen LogP contribution in [0.5, 0.6) is 0 Å². The van der Waals surface area contributed by atoms with Crippen LogP contribution < -0.4 is 0 Å². The molecule has 16 heavy (non-hydrogen) atoms. The van der Waals surface area contributed by atoms with Crippen molar-refractivity contribution in [3.05, 3.63) is 0 Å². The van der Waals surface area contributed by atoms with Crippen LogP contribution >= 0.6 is 0 Å². The van der Waals surface area contributed by atoms with Crippen LogP contribution in [0.15, 0.2) is 0 Å². The molecule has 0 unspecified atom stereocenters. The van der Waals surface area contributed by atoms with Gasteiger partial charge in [-0.05, 0) is 0 Å². The van der Waals surface area contributed by atoms with Crippen LogP contribution in [0.2, 0.25) is 0 Å². The number of alkyl halides is 9. The molecule has 0 amide bonds. The van der Waals surface area contributed by atoms with Gasteiger partial charge < -0.3 is 0 Å². The molecule has 3 nitrogen and oxygen atoms in total. The van der Waals surface area contributed by atoms with Crippen LogP contribution in [0.25, 0.3) is 0 Å². The van der Waals surface area contributed by atoms with Gasteiger partial charge in [-0.25, -0.2) is 0 Å². The molecule has 0 spiro atoms. The van der Waals surface area contributed by atoms with E-state index in [9.17, 15) is 39.5 Å². The number of rotatable bonds is 3. The van der Waals surface area contributed by atoms with Gasteiger partial charge in [0.2, 0.25) is 0 Å². The van der Waals surface area contributed by atoms with Crippen molar-refractivity contribution in [1.29, 1.82) is 0 Å². The minimum Gasteiger partial charge on any atom is -0.297 e. The van der Waals surface area contributed by atoms with E-state index < -0.39 is 26.4 Å². The van der Waals surface area contributed by atoms with E-state index in [2.05, 4.69) is 14.0 Å². The van der Waals surface area contributed by atoms with Crippen molar-refractivity contribution < 1.29 is 53.5 Å². The molecule has 0 saturated carbocycles. The monoisotopic (exact) mass is 266 g/mol. The largest absolute Gasteiger partial charge is 0.658 e. The van der Waals surface area contributed by atoms with Crippen LogP contribution in [0, 0.1) is 0 Å². The fraction of sp³-hybridized carbons (Fsp3) is 1.00. The minimum absolute atomic E-state index is 2.31. The fourth-order valence-corrected chi connectivity index (χ4v) is 0.399. The van der Waals surface area contributed by atoms with E-state index in [4.69, 9.17) is 0 Å². The summed E-state index contributed by atoms with van der Waals surface area (Å²) in [6.07, 6.45) is -17.4. The summed E-state index contributed by atoms with van der Waals surface area (Å²) < 4.78 is 109. The van der Waals surface area contributed by atoms with E-state index in [1.807, 2.05) is 0 Å². The van der Waals surface area contributed by atoms with E-state index in [-0.39, 0.29) is 0 Å². The third kappa shape index (κ3) is 9.85. The third-order valence-electron chi connectivity index (χ3n) is 0.690. The molecule has 0 N–H and O–H groups in total. The van der Waals surface area contributed by atoms with E-state index in [1.165, 1.54) is 0 Å².